The van der Waals surface area contributed by atoms with Gasteiger partial charge in [-0.2, -0.15) is 0 Å². The summed E-state index contributed by atoms with van der Waals surface area (Å²) in [6, 6.07) is 143. The molecule has 2 aliphatic rings. The Morgan fingerprint density at radius 3 is 1.23 bits per heavy atom. The van der Waals surface area contributed by atoms with Crippen LogP contribution < -0.4 is 0 Å². The van der Waals surface area contributed by atoms with E-state index in [9.17, 15) is 0 Å². The van der Waals surface area contributed by atoms with Gasteiger partial charge >= 0.3 is 0 Å². The van der Waals surface area contributed by atoms with Crippen molar-refractivity contribution in [2.75, 3.05) is 0 Å². The molecule has 0 atom stereocenters. The number of para-hydroxylation sites is 5. The molecule has 126 heavy (non-hydrogen) atoms. The van der Waals surface area contributed by atoms with Crippen molar-refractivity contribution in [3.8, 4) is 50.4 Å². The summed E-state index contributed by atoms with van der Waals surface area (Å²) in [6.45, 7) is 13.3. The number of aryl methyl sites for hydroxylation is 5. The molecule has 0 amide bonds. The van der Waals surface area contributed by atoms with Crippen LogP contribution in [0.4, 0.5) is 0 Å². The highest BCUT2D eigenvalue weighted by Crippen LogP contribution is 2.54. The Bertz CT molecular complexity index is 8730. The van der Waals surface area contributed by atoms with Gasteiger partial charge in [0.25, 0.3) is 0 Å². The van der Waals surface area contributed by atoms with Gasteiger partial charge in [0.05, 0.1) is 38.6 Å². The molecule has 0 bridgehead atoms. The Labute approximate surface area is 733 Å². The average molecular weight is 1630 g/mol. The normalized spacial score (nSPS) is 12.5. The smallest absolute Gasteiger partial charge is 0.136 e. The van der Waals surface area contributed by atoms with Crippen molar-refractivity contribution in [3.63, 3.8) is 0 Å². The fourth-order valence-corrected chi connectivity index (χ4v) is 22.3. The number of hydrogen-bond acceptors (Lipinski definition) is 2. The van der Waals surface area contributed by atoms with E-state index in [1.165, 1.54) is 234 Å². The first kappa shape index (κ1) is 74.5. The number of hydrogen-bond donors (Lipinski definition) is 0. The molecule has 6 aromatic heterocycles. The Hall–Kier alpha value is -15.3. The third kappa shape index (κ3) is 11.7. The van der Waals surface area contributed by atoms with E-state index in [1.54, 1.807) is 0 Å². The molecule has 0 unspecified atom stereocenters. The molecule has 0 fully saturated rings. The second-order valence-corrected chi connectivity index (χ2v) is 36.0. The van der Waals surface area contributed by atoms with Gasteiger partial charge in [-0.05, 0) is 249 Å². The molecule has 20 aromatic carbocycles. The topological polar surface area (TPSA) is 32.9 Å². The average Bonchev–Trinajstić information content (AvgIpc) is 1.52. The Morgan fingerprint density at radius 2 is 0.635 bits per heavy atom. The van der Waals surface area contributed by atoms with E-state index in [-0.39, 0.29) is 5.41 Å². The molecule has 0 saturated heterocycles. The first-order valence-corrected chi connectivity index (χ1v) is 44.6. The summed E-state index contributed by atoms with van der Waals surface area (Å²) >= 11 is 1.89. The van der Waals surface area contributed by atoms with Gasteiger partial charge in [-0.1, -0.05) is 297 Å². The fourth-order valence-electron chi connectivity index (χ4n) is 21.1. The highest BCUT2D eigenvalue weighted by Gasteiger charge is 2.36. The summed E-state index contributed by atoms with van der Waals surface area (Å²) in [7, 11) is 2.17. The number of thiophene rings is 1. The molecule has 28 rings (SSSR count). The number of nitrogens with zero attached hydrogens (tertiary/aromatic N) is 4. The van der Waals surface area contributed by atoms with Crippen LogP contribution in [0, 0.1) is 27.7 Å². The minimum atomic E-state index is 0.00794. The van der Waals surface area contributed by atoms with Crippen LogP contribution in [0.2, 0.25) is 0 Å². The van der Waals surface area contributed by atoms with Gasteiger partial charge in [-0.25, -0.2) is 0 Å². The fraction of sp³-hybridized carbons (Fsp3) is 0.0667. The maximum absolute atomic E-state index is 6.15. The van der Waals surface area contributed by atoms with Gasteiger partial charge in [-0.3, -0.25) is 0 Å². The summed E-state index contributed by atoms with van der Waals surface area (Å²) in [6.07, 6.45) is 0. The van der Waals surface area contributed by atoms with E-state index in [2.05, 4.69) is 449 Å². The quantitative estimate of drug-likeness (QED) is 0.162. The minimum absolute atomic E-state index is 0.00794. The van der Waals surface area contributed by atoms with E-state index in [1.807, 2.05) is 23.5 Å². The zero-order valence-electron chi connectivity index (χ0n) is 71.1. The number of fused-ring (bicyclic) bond motifs is 31. The maximum Gasteiger partial charge on any atom is 0.136 e. The van der Waals surface area contributed by atoms with Gasteiger partial charge in [0.15, 0.2) is 0 Å². The zero-order valence-corrected chi connectivity index (χ0v) is 71.9. The minimum Gasteiger partial charge on any atom is -0.456 e. The molecule has 5 nitrogen and oxygen atoms in total. The molecule has 6 heteroatoms. The van der Waals surface area contributed by atoms with Crippen molar-refractivity contribution in [1.82, 2.24) is 18.3 Å². The molecule has 0 aliphatic heterocycles. The number of rotatable bonds is 3. The van der Waals surface area contributed by atoms with E-state index in [4.69, 9.17) is 4.42 Å². The lowest BCUT2D eigenvalue weighted by molar-refractivity contribution is 0.661. The van der Waals surface area contributed by atoms with E-state index < -0.39 is 0 Å². The molecular weight excluding hydrogens is 1550 g/mol. The standard InChI is InChI=1S/C28H23N.C25H17NO.C25H17NS.C23H15N.C19H14/c1-18-13-14-26-22(15-18)23-16-21-20-11-7-8-12-24(20)28(2,3)25(21)17-27(23)29(26)19-9-5-4-6-10-19;2*1-16-11-12-22-19(13-16)20-15-25-21(18-9-5-6-10-24(18)27-25)14-23(20)26(22)17-7-3-2-4-8-17;1-24-20-12-5-4-9-17(20)23-18-11-6-10-16-14-7-2-3-8-15(14)19(22(16)18)13-21(23)24;1-13-10-11-18-16-8-3-2-6-14(16)15-7-4-5-9-17(15)19(18)12-13/h4-17H,1-3H3;2*2-15H,1H3;2-13H,1H3;2-12H,1H3. The number of benzene rings is 20. The first-order chi connectivity index (χ1) is 61.8. The van der Waals surface area contributed by atoms with Gasteiger partial charge < -0.3 is 22.7 Å². The summed E-state index contributed by atoms with van der Waals surface area (Å²) in [5.41, 5.74) is 31.9. The van der Waals surface area contributed by atoms with Crippen molar-refractivity contribution in [1.29, 1.82) is 0 Å². The third-order valence-electron chi connectivity index (χ3n) is 26.9. The molecule has 2 aliphatic carbocycles. The monoisotopic (exact) mass is 1630 g/mol. The Morgan fingerprint density at radius 1 is 0.214 bits per heavy atom. The molecule has 26 aromatic rings. The summed E-state index contributed by atoms with van der Waals surface area (Å²) < 4.78 is 18.4. The molecule has 0 N–H and O–H groups in total. The highest BCUT2D eigenvalue weighted by molar-refractivity contribution is 7.25. The van der Waals surface area contributed by atoms with Gasteiger partial charge in [0.1, 0.15) is 11.2 Å². The van der Waals surface area contributed by atoms with E-state index >= 15 is 0 Å². The van der Waals surface area contributed by atoms with Crippen LogP contribution in [0.3, 0.4) is 0 Å². The van der Waals surface area contributed by atoms with E-state index in [0.717, 1.165) is 21.9 Å². The number of aromatic nitrogens is 4. The second-order valence-electron chi connectivity index (χ2n) is 34.9. The number of furan rings is 1. The molecule has 0 saturated carbocycles. The molecule has 0 spiro atoms. The Kier molecular flexibility index (Phi) is 17.2. The molecule has 0 radical (unpaired) electrons. The predicted molar refractivity (Wildman–Crippen MR) is 540 cm³/mol. The molecule has 598 valence electrons. The molecular formula is C120H86N4OS. The van der Waals surface area contributed by atoms with Crippen LogP contribution in [-0.2, 0) is 12.5 Å². The molecule has 6 heterocycles. The van der Waals surface area contributed by atoms with Crippen molar-refractivity contribution in [3.05, 3.63) is 428 Å². The first-order valence-electron chi connectivity index (χ1n) is 43.7. The third-order valence-corrected chi connectivity index (χ3v) is 28.1. The van der Waals surface area contributed by atoms with Crippen molar-refractivity contribution in [2.24, 2.45) is 7.05 Å². The van der Waals surface area contributed by atoms with Crippen LogP contribution in [0.1, 0.15) is 47.2 Å². The van der Waals surface area contributed by atoms with E-state index in [0.29, 0.717) is 0 Å². The van der Waals surface area contributed by atoms with Crippen LogP contribution in [0.5, 0.6) is 0 Å². The summed E-state index contributed by atoms with van der Waals surface area (Å²) in [4.78, 5) is 0. The van der Waals surface area contributed by atoms with Gasteiger partial charge in [0.2, 0.25) is 0 Å². The van der Waals surface area contributed by atoms with Crippen molar-refractivity contribution < 1.29 is 4.42 Å². The summed E-state index contributed by atoms with van der Waals surface area (Å²) in [5.74, 6) is 0. The lowest BCUT2D eigenvalue weighted by Crippen LogP contribution is -2.14. The Balaban J connectivity index is 0.0000000886. The lowest BCUT2D eigenvalue weighted by atomic mass is 9.82. The van der Waals surface area contributed by atoms with Gasteiger partial charge in [-0.15, -0.1) is 11.3 Å². The second kappa shape index (κ2) is 29.2. The largest absolute Gasteiger partial charge is 0.456 e. The van der Waals surface area contributed by atoms with Crippen molar-refractivity contribution in [2.45, 2.75) is 47.0 Å². The van der Waals surface area contributed by atoms with Gasteiger partial charge in [0, 0.05) is 109 Å². The SMILES string of the molecule is Cc1ccc2c(c1)c1cc3c(cc1n2-c1ccccc1)C(C)(C)c1ccccc1-3.Cc1ccc2c(c1)c1cc3oc4ccccc4c3cc1n2-c1ccccc1.Cc1ccc2c(c1)c1cc3sc4ccccc4c3cc1n2-c1ccccc1.Cc1ccc2c3ccccc3c3ccccc3c2c1.Cn1c2ccccc2c2c3cccc4c3c(cc21)-c1ccccc1-4. The lowest BCUT2D eigenvalue weighted by Gasteiger charge is -2.21. The van der Waals surface area contributed by atoms with Crippen LogP contribution in [-0.4, -0.2) is 18.3 Å². The summed E-state index contributed by atoms with van der Waals surface area (Å²) in [5, 5.41) is 26.4. The van der Waals surface area contributed by atoms with Crippen LogP contribution in [0.25, 0.3) is 223 Å². The predicted octanol–water partition coefficient (Wildman–Crippen LogP) is 33.4. The zero-order chi connectivity index (χ0) is 84.3. The maximum atomic E-state index is 6.15. The highest BCUT2D eigenvalue weighted by atomic mass is 32.1. The van der Waals surface area contributed by atoms with Crippen LogP contribution in [0.15, 0.2) is 399 Å². The van der Waals surface area contributed by atoms with Crippen LogP contribution >= 0.6 is 11.3 Å². The van der Waals surface area contributed by atoms with Crippen molar-refractivity contribution >= 4 is 184 Å².